The number of nitrogens with one attached hydrogen (secondary N) is 3. The van der Waals surface area contributed by atoms with Crippen LogP contribution in [0, 0.1) is 0 Å². The second-order valence-electron chi connectivity index (χ2n) is 4.15. The highest BCUT2D eigenvalue weighted by molar-refractivity contribution is 5.99. The largest absolute Gasteiger partial charge is 0.324 e. The van der Waals surface area contributed by atoms with Crippen LogP contribution in [-0.4, -0.2) is 26.2 Å². The number of nitrogens with zero attached hydrogens (tertiary/aromatic N) is 3. The molecule has 0 bridgehead atoms. The summed E-state index contributed by atoms with van der Waals surface area (Å²) in [5, 5.41) is 12.2. The van der Waals surface area contributed by atoms with Gasteiger partial charge in [-0.15, -0.1) is 0 Å². The first kappa shape index (κ1) is 10.7. The van der Waals surface area contributed by atoms with Crippen LogP contribution in [0.15, 0.2) is 24.8 Å². The van der Waals surface area contributed by atoms with Crippen LogP contribution >= 0.6 is 0 Å². The summed E-state index contributed by atoms with van der Waals surface area (Å²) in [6, 6.07) is 1.29. The van der Waals surface area contributed by atoms with Gasteiger partial charge in [-0.3, -0.25) is 10.4 Å². The Morgan fingerprint density at radius 3 is 3.00 bits per heavy atom. The van der Waals surface area contributed by atoms with Crippen LogP contribution < -0.4 is 10.6 Å². The molecule has 0 aromatic carbocycles. The van der Waals surface area contributed by atoms with Gasteiger partial charge in [0, 0.05) is 12.1 Å². The third kappa shape index (κ3) is 2.29. The molecule has 2 aromatic heterocycles. The van der Waals surface area contributed by atoms with E-state index in [0.717, 1.165) is 24.2 Å². The molecule has 0 spiro atoms. The van der Waals surface area contributed by atoms with E-state index in [2.05, 4.69) is 30.8 Å². The van der Waals surface area contributed by atoms with E-state index in [4.69, 9.17) is 0 Å². The zero-order valence-corrected chi connectivity index (χ0v) is 9.55. The summed E-state index contributed by atoms with van der Waals surface area (Å²) >= 11 is 0. The molecule has 2 heterocycles. The summed E-state index contributed by atoms with van der Waals surface area (Å²) in [4.78, 5) is 19.4. The minimum absolute atomic E-state index is 0.336. The van der Waals surface area contributed by atoms with E-state index in [1.165, 1.54) is 6.33 Å². The zero-order chi connectivity index (χ0) is 12.4. The molecule has 1 saturated carbocycles. The van der Waals surface area contributed by atoms with Crippen LogP contribution in [0.2, 0.25) is 0 Å². The van der Waals surface area contributed by atoms with E-state index in [-0.39, 0.29) is 6.03 Å². The highest BCUT2D eigenvalue weighted by atomic mass is 16.2. The molecule has 2 aromatic rings. The fraction of sp³-hybridized carbons (Fsp3) is 0.273. The minimum Gasteiger partial charge on any atom is -0.305 e. The molecule has 3 N–H and O–H groups in total. The van der Waals surface area contributed by atoms with Gasteiger partial charge in [0.2, 0.25) is 0 Å². The van der Waals surface area contributed by atoms with Crippen molar-refractivity contribution in [1.82, 2.24) is 20.2 Å². The van der Waals surface area contributed by atoms with Gasteiger partial charge in [-0.1, -0.05) is 0 Å². The van der Waals surface area contributed by atoms with E-state index in [1.807, 2.05) is 0 Å². The topological polar surface area (TPSA) is 95.6 Å². The lowest BCUT2D eigenvalue weighted by Gasteiger charge is -2.06. The molecular weight excluding hydrogens is 232 g/mol. The number of H-pyrrole nitrogens is 1. The summed E-state index contributed by atoms with van der Waals surface area (Å²) in [5.41, 5.74) is 1.72. The molecule has 18 heavy (non-hydrogen) atoms. The van der Waals surface area contributed by atoms with Gasteiger partial charge in [0.25, 0.3) is 0 Å². The molecule has 1 aliphatic rings. The lowest BCUT2D eigenvalue weighted by atomic mass is 10.2. The van der Waals surface area contributed by atoms with Crippen LogP contribution in [0.3, 0.4) is 0 Å². The molecular formula is C11H12N6O. The zero-order valence-electron chi connectivity index (χ0n) is 9.55. The molecule has 7 heteroatoms. The predicted octanol–water partition coefficient (Wildman–Crippen LogP) is 1.72. The summed E-state index contributed by atoms with van der Waals surface area (Å²) < 4.78 is 0. The summed E-state index contributed by atoms with van der Waals surface area (Å²) in [5.74, 6) is 0.959. The first-order valence-corrected chi connectivity index (χ1v) is 5.70. The van der Waals surface area contributed by atoms with E-state index in [0.29, 0.717) is 11.7 Å². The van der Waals surface area contributed by atoms with Crippen LogP contribution in [0.1, 0.15) is 24.5 Å². The number of carbonyl (C=O) groups is 1. The molecule has 1 fully saturated rings. The second kappa shape index (κ2) is 4.44. The van der Waals surface area contributed by atoms with Crippen LogP contribution in [0.25, 0.3) is 0 Å². The molecule has 3 rings (SSSR count). The van der Waals surface area contributed by atoms with Crippen molar-refractivity contribution < 1.29 is 4.79 Å². The Balaban J connectivity index is 1.65. The Morgan fingerprint density at radius 1 is 1.39 bits per heavy atom. The van der Waals surface area contributed by atoms with Gasteiger partial charge < -0.3 is 5.32 Å². The normalized spacial score (nSPS) is 14.2. The van der Waals surface area contributed by atoms with Gasteiger partial charge in [-0.05, 0) is 18.9 Å². The summed E-state index contributed by atoms with van der Waals surface area (Å²) in [7, 11) is 0. The predicted molar refractivity (Wildman–Crippen MR) is 65.2 cm³/mol. The van der Waals surface area contributed by atoms with E-state index >= 15 is 0 Å². The fourth-order valence-corrected chi connectivity index (χ4v) is 1.71. The molecule has 0 saturated heterocycles. The maximum atomic E-state index is 11.8. The quantitative estimate of drug-likeness (QED) is 0.766. The van der Waals surface area contributed by atoms with Gasteiger partial charge >= 0.3 is 6.03 Å². The van der Waals surface area contributed by atoms with Gasteiger partial charge in [-0.2, -0.15) is 5.10 Å². The molecule has 0 atom stereocenters. The third-order valence-corrected chi connectivity index (χ3v) is 2.73. The van der Waals surface area contributed by atoms with Gasteiger partial charge in [0.15, 0.2) is 0 Å². The number of aromatic amines is 1. The Morgan fingerprint density at radius 2 is 2.28 bits per heavy atom. The number of rotatable bonds is 3. The fourth-order valence-electron chi connectivity index (χ4n) is 1.71. The Kier molecular flexibility index (Phi) is 2.64. The third-order valence-electron chi connectivity index (χ3n) is 2.73. The molecule has 92 valence electrons. The minimum atomic E-state index is -0.336. The Bertz CT molecular complexity index is 548. The molecule has 2 amide bonds. The Hall–Kier alpha value is -2.44. The number of amides is 2. The van der Waals surface area contributed by atoms with Gasteiger partial charge in [0.1, 0.15) is 12.1 Å². The number of aromatic nitrogens is 4. The van der Waals surface area contributed by atoms with Crippen molar-refractivity contribution in [1.29, 1.82) is 0 Å². The molecule has 1 aliphatic carbocycles. The van der Waals surface area contributed by atoms with Crippen molar-refractivity contribution in [2.45, 2.75) is 18.8 Å². The number of hydrogen-bond donors (Lipinski definition) is 3. The average molecular weight is 244 g/mol. The SMILES string of the molecule is O=C(Nc1ccncn1)Nc1cn[nH]c1C1CC1. The molecule has 7 nitrogen and oxygen atoms in total. The van der Waals surface area contributed by atoms with E-state index in [9.17, 15) is 4.79 Å². The van der Waals surface area contributed by atoms with Crippen molar-refractivity contribution in [2.24, 2.45) is 0 Å². The maximum absolute atomic E-state index is 11.8. The maximum Gasteiger partial charge on any atom is 0.324 e. The number of urea groups is 1. The highest BCUT2D eigenvalue weighted by Gasteiger charge is 2.28. The van der Waals surface area contributed by atoms with Gasteiger partial charge in [-0.25, -0.2) is 14.8 Å². The smallest absolute Gasteiger partial charge is 0.305 e. The first-order valence-electron chi connectivity index (χ1n) is 5.70. The summed E-state index contributed by atoms with van der Waals surface area (Å²) in [6.07, 6.45) is 6.85. The van der Waals surface area contributed by atoms with Crippen molar-refractivity contribution >= 4 is 17.5 Å². The van der Waals surface area contributed by atoms with Crippen molar-refractivity contribution in [3.8, 4) is 0 Å². The molecule has 0 unspecified atom stereocenters. The number of anilines is 2. The lowest BCUT2D eigenvalue weighted by Crippen LogP contribution is -2.20. The number of carbonyl (C=O) groups excluding carboxylic acids is 1. The van der Waals surface area contributed by atoms with Crippen molar-refractivity contribution in [3.63, 3.8) is 0 Å². The van der Waals surface area contributed by atoms with Crippen LogP contribution in [0.4, 0.5) is 16.3 Å². The number of hydrogen-bond acceptors (Lipinski definition) is 4. The van der Waals surface area contributed by atoms with Crippen LogP contribution in [-0.2, 0) is 0 Å². The highest BCUT2D eigenvalue weighted by Crippen LogP contribution is 2.42. The standard InChI is InChI=1S/C11H12N6O/c18-11(16-9-3-4-12-6-13-9)15-8-5-14-17-10(8)7-1-2-7/h3-7H,1-2H2,(H,14,17)(H2,12,13,15,16,18). The summed E-state index contributed by atoms with van der Waals surface area (Å²) in [6.45, 7) is 0. The van der Waals surface area contributed by atoms with Gasteiger partial charge in [0.05, 0.1) is 17.6 Å². The van der Waals surface area contributed by atoms with E-state index < -0.39 is 0 Å². The van der Waals surface area contributed by atoms with Crippen molar-refractivity contribution in [3.05, 3.63) is 30.5 Å². The van der Waals surface area contributed by atoms with Crippen LogP contribution in [0.5, 0.6) is 0 Å². The molecule has 0 radical (unpaired) electrons. The second-order valence-corrected chi connectivity index (χ2v) is 4.15. The monoisotopic (exact) mass is 244 g/mol. The van der Waals surface area contributed by atoms with E-state index in [1.54, 1.807) is 18.5 Å². The Labute approximate surface area is 103 Å². The lowest BCUT2D eigenvalue weighted by molar-refractivity contribution is 0.262. The first-order chi connectivity index (χ1) is 8.83. The van der Waals surface area contributed by atoms with Crippen molar-refractivity contribution in [2.75, 3.05) is 10.6 Å². The molecule has 0 aliphatic heterocycles. The average Bonchev–Trinajstić information content (AvgIpc) is 3.12.